The normalized spacial score (nSPS) is 14.4. The molecule has 0 bridgehead atoms. The fourth-order valence-corrected chi connectivity index (χ4v) is 4.14. The van der Waals surface area contributed by atoms with Crippen molar-refractivity contribution in [1.82, 2.24) is 4.90 Å². The van der Waals surface area contributed by atoms with Crippen LogP contribution in [-0.4, -0.2) is 23.3 Å². The van der Waals surface area contributed by atoms with Crippen molar-refractivity contribution in [3.8, 4) is 0 Å². The first-order chi connectivity index (χ1) is 14.4. The third kappa shape index (κ3) is 3.69. The van der Waals surface area contributed by atoms with Gasteiger partial charge in [-0.15, -0.1) is 0 Å². The minimum atomic E-state index is -0.361. The number of halogens is 2. The zero-order valence-electron chi connectivity index (χ0n) is 16.6. The molecule has 1 aliphatic heterocycles. The van der Waals surface area contributed by atoms with E-state index in [1.54, 1.807) is 18.2 Å². The molecule has 152 valence electrons. The summed E-state index contributed by atoms with van der Waals surface area (Å²) in [5.74, 6) is -0.583. The van der Waals surface area contributed by atoms with Crippen LogP contribution in [0, 0.1) is 5.92 Å². The van der Waals surface area contributed by atoms with E-state index in [0.717, 1.165) is 16.5 Å². The molecule has 6 heteroatoms. The van der Waals surface area contributed by atoms with E-state index in [-0.39, 0.29) is 29.0 Å². The lowest BCUT2D eigenvalue weighted by atomic mass is 10.0. The Hall–Kier alpha value is -2.82. The van der Waals surface area contributed by atoms with E-state index >= 15 is 0 Å². The van der Waals surface area contributed by atoms with Crippen molar-refractivity contribution in [2.45, 2.75) is 13.8 Å². The van der Waals surface area contributed by atoms with E-state index in [2.05, 4.69) is 5.32 Å². The Morgan fingerprint density at radius 3 is 2.40 bits per heavy atom. The summed E-state index contributed by atoms with van der Waals surface area (Å²) in [4.78, 5) is 27.8. The highest BCUT2D eigenvalue weighted by atomic mass is 35.5. The van der Waals surface area contributed by atoms with Gasteiger partial charge in [0.2, 0.25) is 0 Å². The fourth-order valence-electron chi connectivity index (χ4n) is 3.63. The summed E-state index contributed by atoms with van der Waals surface area (Å²) in [6, 6.07) is 18.6. The molecule has 30 heavy (non-hydrogen) atoms. The maximum Gasteiger partial charge on any atom is 0.278 e. The number of fused-ring (bicyclic) bond motifs is 1. The highest BCUT2D eigenvalue weighted by Crippen LogP contribution is 2.36. The van der Waals surface area contributed by atoms with Crippen LogP contribution in [0.4, 0.5) is 5.69 Å². The van der Waals surface area contributed by atoms with Gasteiger partial charge >= 0.3 is 0 Å². The number of anilines is 1. The van der Waals surface area contributed by atoms with Gasteiger partial charge in [-0.25, -0.2) is 0 Å². The number of carbonyl (C=O) groups excluding carboxylic acids is 2. The lowest BCUT2D eigenvalue weighted by Gasteiger charge is -2.17. The first kappa shape index (κ1) is 20.5. The van der Waals surface area contributed by atoms with Gasteiger partial charge in [0.15, 0.2) is 0 Å². The van der Waals surface area contributed by atoms with Crippen LogP contribution >= 0.6 is 23.2 Å². The summed E-state index contributed by atoms with van der Waals surface area (Å²) in [7, 11) is 0. The van der Waals surface area contributed by atoms with Crippen molar-refractivity contribution >= 4 is 57.0 Å². The highest BCUT2D eigenvalue weighted by molar-refractivity contribution is 6.41. The molecule has 0 aliphatic carbocycles. The molecule has 1 heterocycles. The lowest BCUT2D eigenvalue weighted by molar-refractivity contribution is -0.137. The number of carbonyl (C=O) groups is 2. The van der Waals surface area contributed by atoms with Crippen molar-refractivity contribution in [1.29, 1.82) is 0 Å². The Labute approximate surface area is 185 Å². The number of imide groups is 1. The number of hydrogen-bond donors (Lipinski definition) is 1. The number of hydrogen-bond acceptors (Lipinski definition) is 3. The summed E-state index contributed by atoms with van der Waals surface area (Å²) in [5.41, 5.74) is 1.71. The van der Waals surface area contributed by atoms with E-state index in [1.165, 1.54) is 4.90 Å². The molecule has 0 fully saturated rings. The monoisotopic (exact) mass is 438 g/mol. The van der Waals surface area contributed by atoms with Crippen molar-refractivity contribution in [2.75, 3.05) is 11.9 Å². The average molecular weight is 439 g/mol. The first-order valence-corrected chi connectivity index (χ1v) is 10.4. The molecule has 0 atom stereocenters. The van der Waals surface area contributed by atoms with Gasteiger partial charge in [-0.3, -0.25) is 14.5 Å². The summed E-state index contributed by atoms with van der Waals surface area (Å²) in [6.45, 7) is 4.25. The predicted molar refractivity (Wildman–Crippen MR) is 123 cm³/mol. The molecule has 3 aromatic carbocycles. The Balaban J connectivity index is 1.87. The largest absolute Gasteiger partial charge is 0.350 e. The Kier molecular flexibility index (Phi) is 5.54. The zero-order valence-corrected chi connectivity index (χ0v) is 18.1. The van der Waals surface area contributed by atoms with E-state index in [1.807, 2.05) is 56.3 Å². The Bertz CT molecular complexity index is 1200. The fraction of sp³-hybridized carbons (Fsp3) is 0.167. The predicted octanol–water partition coefficient (Wildman–Crippen LogP) is 5.99. The third-order valence-corrected chi connectivity index (χ3v) is 5.51. The summed E-state index contributed by atoms with van der Waals surface area (Å²) >= 11 is 12.5. The maximum atomic E-state index is 13.3. The van der Waals surface area contributed by atoms with Crippen LogP contribution in [0.15, 0.2) is 66.4 Å². The minimum Gasteiger partial charge on any atom is -0.350 e. The third-order valence-electron chi connectivity index (χ3n) is 4.97. The van der Waals surface area contributed by atoms with Gasteiger partial charge in [-0.05, 0) is 29.5 Å². The molecule has 0 radical (unpaired) electrons. The van der Waals surface area contributed by atoms with Crippen LogP contribution < -0.4 is 5.32 Å². The van der Waals surface area contributed by atoms with Crippen LogP contribution in [-0.2, 0) is 9.59 Å². The standard InChI is InChI=1S/C24H20Cl2N2O2/c1-14(2)13-28-23(29)21(18-11-10-16(25)12-19(18)26)22(24(28)30)27-20-9-5-7-15-6-3-4-8-17(15)20/h3-12,14,27H,13H2,1-2H3. The van der Waals surface area contributed by atoms with Gasteiger partial charge in [-0.2, -0.15) is 0 Å². The van der Waals surface area contributed by atoms with Crippen LogP contribution in [0.25, 0.3) is 16.3 Å². The van der Waals surface area contributed by atoms with Crippen LogP contribution in [0.5, 0.6) is 0 Å². The van der Waals surface area contributed by atoms with Crippen LogP contribution in [0.2, 0.25) is 10.0 Å². The SMILES string of the molecule is CC(C)CN1C(=O)C(Nc2cccc3ccccc23)=C(c2ccc(Cl)cc2Cl)C1=O. The molecule has 4 rings (SSSR count). The second kappa shape index (κ2) is 8.13. The zero-order chi connectivity index (χ0) is 21.4. The number of rotatable bonds is 5. The van der Waals surface area contributed by atoms with Gasteiger partial charge in [0.05, 0.1) is 10.6 Å². The van der Waals surface area contributed by atoms with E-state index in [4.69, 9.17) is 23.2 Å². The second-order valence-electron chi connectivity index (χ2n) is 7.64. The molecule has 1 aliphatic rings. The van der Waals surface area contributed by atoms with Crippen molar-refractivity contribution < 1.29 is 9.59 Å². The molecule has 0 saturated heterocycles. The second-order valence-corrected chi connectivity index (χ2v) is 8.48. The minimum absolute atomic E-state index is 0.136. The molecule has 0 saturated carbocycles. The van der Waals surface area contributed by atoms with E-state index < -0.39 is 0 Å². The lowest BCUT2D eigenvalue weighted by Crippen LogP contribution is -2.35. The number of nitrogens with one attached hydrogen (secondary N) is 1. The van der Waals surface area contributed by atoms with Gasteiger partial charge < -0.3 is 5.32 Å². The van der Waals surface area contributed by atoms with Gasteiger partial charge in [0.25, 0.3) is 11.8 Å². The van der Waals surface area contributed by atoms with E-state index in [9.17, 15) is 9.59 Å². The smallest absolute Gasteiger partial charge is 0.278 e. The molecular weight excluding hydrogens is 419 g/mol. The van der Waals surface area contributed by atoms with Crippen molar-refractivity contribution in [3.05, 3.63) is 82.0 Å². The molecule has 0 unspecified atom stereocenters. The Morgan fingerprint density at radius 1 is 0.933 bits per heavy atom. The number of nitrogens with zero attached hydrogens (tertiary/aromatic N) is 1. The number of benzene rings is 3. The van der Waals surface area contributed by atoms with Crippen molar-refractivity contribution in [3.63, 3.8) is 0 Å². The van der Waals surface area contributed by atoms with Crippen molar-refractivity contribution in [2.24, 2.45) is 5.92 Å². The molecule has 0 aromatic heterocycles. The summed E-state index contributed by atoms with van der Waals surface area (Å²) in [5, 5.41) is 6.00. The molecular formula is C24H20Cl2N2O2. The molecule has 0 spiro atoms. The molecule has 2 amide bonds. The Morgan fingerprint density at radius 2 is 1.67 bits per heavy atom. The molecule has 4 nitrogen and oxygen atoms in total. The van der Waals surface area contributed by atoms with Gasteiger partial charge in [0.1, 0.15) is 5.70 Å². The quantitative estimate of drug-likeness (QED) is 0.497. The van der Waals surface area contributed by atoms with Gasteiger partial charge in [0, 0.05) is 28.2 Å². The summed E-state index contributed by atoms with van der Waals surface area (Å²) < 4.78 is 0. The van der Waals surface area contributed by atoms with Gasteiger partial charge in [-0.1, -0.05) is 79.5 Å². The topological polar surface area (TPSA) is 49.4 Å². The number of amides is 2. The first-order valence-electron chi connectivity index (χ1n) is 9.67. The van der Waals surface area contributed by atoms with Crippen LogP contribution in [0.3, 0.4) is 0 Å². The highest BCUT2D eigenvalue weighted by Gasteiger charge is 2.40. The van der Waals surface area contributed by atoms with E-state index in [0.29, 0.717) is 22.2 Å². The maximum absolute atomic E-state index is 13.3. The average Bonchev–Trinajstić information content (AvgIpc) is 2.93. The molecule has 3 aromatic rings. The van der Waals surface area contributed by atoms with Crippen LogP contribution in [0.1, 0.15) is 19.4 Å². The summed E-state index contributed by atoms with van der Waals surface area (Å²) in [6.07, 6.45) is 0. The molecule has 1 N–H and O–H groups in total.